The summed E-state index contributed by atoms with van der Waals surface area (Å²) < 4.78 is 4.80. The lowest BCUT2D eigenvalue weighted by molar-refractivity contribution is 0.364. The third-order valence-electron chi connectivity index (χ3n) is 1.06. The van der Waals surface area contributed by atoms with Gasteiger partial charge in [0.2, 0.25) is 0 Å². The molecule has 0 amide bonds. The van der Waals surface area contributed by atoms with Gasteiger partial charge in [-0.1, -0.05) is 0 Å². The predicted octanol–water partition coefficient (Wildman–Crippen LogP) is 0.419. The molecule has 0 unspecified atom stereocenters. The van der Waals surface area contributed by atoms with Crippen molar-refractivity contribution >= 4 is 23.0 Å². The maximum atomic E-state index is 5.58. The van der Waals surface area contributed by atoms with Crippen LogP contribution in [0.1, 0.15) is 12.8 Å². The molecule has 0 aliphatic rings. The Morgan fingerprint density at radius 2 is 2.22 bits per heavy atom. The average molecular weight is 244 g/mol. The summed E-state index contributed by atoms with van der Waals surface area (Å²) in [4.78, 5) is 0. The molecule has 0 aliphatic carbocycles. The quantitative estimate of drug-likeness (QED) is 0.689. The fourth-order valence-corrected chi connectivity index (χ4v) is 1.01. The van der Waals surface area contributed by atoms with Gasteiger partial charge in [-0.05, 0) is 19.4 Å². The minimum Gasteiger partial charge on any atom is -0.330 e. The van der Waals surface area contributed by atoms with Crippen LogP contribution in [0.5, 0.6) is 0 Å². The van der Waals surface area contributed by atoms with Crippen LogP contribution in [0.15, 0.2) is 0 Å². The van der Waals surface area contributed by atoms with Gasteiger partial charge in [-0.3, -0.25) is 0 Å². The molecule has 0 fully saturated rings. The van der Waals surface area contributed by atoms with Crippen LogP contribution < -0.4 is 11.5 Å². The minimum atomic E-state index is 0.158. The molecule has 0 bridgehead atoms. The Morgan fingerprint density at radius 3 is 2.67 bits per heavy atom. The molecular weight excluding hydrogens is 231 g/mol. The Kier molecular flexibility index (Phi) is 7.18. The van der Waals surface area contributed by atoms with Crippen molar-refractivity contribution in [3.8, 4) is 0 Å². The van der Waals surface area contributed by atoms with Gasteiger partial charge in [0.05, 0.1) is 6.61 Å². The zero-order valence-electron chi connectivity index (χ0n) is 5.35. The molecule has 0 aromatic rings. The second kappa shape index (κ2) is 6.73. The first-order valence-electron chi connectivity index (χ1n) is 3.00. The van der Waals surface area contributed by atoms with Gasteiger partial charge in [0.15, 0.2) is 0 Å². The standard InChI is InChI=1S/C5H13IN2O/c6-9-4-5(8)2-1-3-7/h5H,1-4,7-8H2/t5-/m0/s1. The molecule has 9 heavy (non-hydrogen) atoms. The molecule has 56 valence electrons. The van der Waals surface area contributed by atoms with Crippen molar-refractivity contribution in [3.05, 3.63) is 0 Å². The van der Waals surface area contributed by atoms with E-state index in [1.807, 2.05) is 23.0 Å². The highest BCUT2D eigenvalue weighted by Gasteiger charge is 1.99. The Balaban J connectivity index is 2.95. The third kappa shape index (κ3) is 6.50. The monoisotopic (exact) mass is 244 g/mol. The topological polar surface area (TPSA) is 61.3 Å². The molecule has 3 nitrogen and oxygen atoms in total. The highest BCUT2D eigenvalue weighted by molar-refractivity contribution is 14.1. The second-order valence-electron chi connectivity index (χ2n) is 1.97. The lowest BCUT2D eigenvalue weighted by Gasteiger charge is -2.06. The maximum Gasteiger partial charge on any atom is 0.109 e. The summed E-state index contributed by atoms with van der Waals surface area (Å²) in [6.07, 6.45) is 1.95. The smallest absolute Gasteiger partial charge is 0.109 e. The molecule has 0 heterocycles. The number of hydrogen-bond donors (Lipinski definition) is 2. The Morgan fingerprint density at radius 1 is 1.56 bits per heavy atom. The third-order valence-corrected chi connectivity index (χ3v) is 1.42. The van der Waals surface area contributed by atoms with Crippen molar-refractivity contribution < 1.29 is 3.07 Å². The lowest BCUT2D eigenvalue weighted by Crippen LogP contribution is -2.25. The zero-order valence-corrected chi connectivity index (χ0v) is 7.50. The molecule has 0 aliphatic heterocycles. The van der Waals surface area contributed by atoms with E-state index >= 15 is 0 Å². The molecule has 0 radical (unpaired) electrons. The molecule has 0 rings (SSSR count). The molecule has 0 saturated carbocycles. The van der Waals surface area contributed by atoms with Crippen molar-refractivity contribution in [3.63, 3.8) is 0 Å². The molecule has 0 saturated heterocycles. The summed E-state index contributed by atoms with van der Waals surface area (Å²) in [6.45, 7) is 1.34. The van der Waals surface area contributed by atoms with Crippen LogP contribution >= 0.6 is 23.0 Å². The first kappa shape index (κ1) is 9.61. The van der Waals surface area contributed by atoms with Crippen LogP contribution in [0.25, 0.3) is 0 Å². The van der Waals surface area contributed by atoms with E-state index in [1.54, 1.807) is 0 Å². The fraction of sp³-hybridized carbons (Fsp3) is 1.00. The summed E-state index contributed by atoms with van der Waals surface area (Å²) in [6, 6.07) is 0.158. The second-order valence-corrected chi connectivity index (χ2v) is 2.59. The normalized spacial score (nSPS) is 13.7. The molecule has 0 aromatic carbocycles. The summed E-state index contributed by atoms with van der Waals surface area (Å²) in [5.74, 6) is 0. The Hall–Kier alpha value is 0.610. The van der Waals surface area contributed by atoms with E-state index in [1.165, 1.54) is 0 Å². The van der Waals surface area contributed by atoms with Crippen molar-refractivity contribution in [1.29, 1.82) is 0 Å². The summed E-state index contributed by atoms with van der Waals surface area (Å²) in [5, 5.41) is 0. The lowest BCUT2D eigenvalue weighted by atomic mass is 10.2. The largest absolute Gasteiger partial charge is 0.330 e. The Labute approximate surface area is 69.8 Å². The van der Waals surface area contributed by atoms with Crippen LogP contribution in [-0.4, -0.2) is 19.2 Å². The minimum absolute atomic E-state index is 0.158. The van der Waals surface area contributed by atoms with Gasteiger partial charge >= 0.3 is 0 Å². The van der Waals surface area contributed by atoms with Gasteiger partial charge in [0, 0.05) is 6.04 Å². The van der Waals surface area contributed by atoms with E-state index < -0.39 is 0 Å². The van der Waals surface area contributed by atoms with Gasteiger partial charge in [-0.15, -0.1) is 0 Å². The van der Waals surface area contributed by atoms with Gasteiger partial charge in [0.1, 0.15) is 23.0 Å². The first-order valence-corrected chi connectivity index (χ1v) is 3.88. The first-order chi connectivity index (χ1) is 4.31. The average Bonchev–Trinajstić information content (AvgIpc) is 1.85. The van der Waals surface area contributed by atoms with Crippen molar-refractivity contribution in [2.75, 3.05) is 13.2 Å². The molecule has 4 heteroatoms. The van der Waals surface area contributed by atoms with Crippen molar-refractivity contribution in [1.82, 2.24) is 0 Å². The van der Waals surface area contributed by atoms with Gasteiger partial charge < -0.3 is 14.5 Å². The van der Waals surface area contributed by atoms with E-state index in [9.17, 15) is 0 Å². The molecule has 1 atom stereocenters. The predicted molar refractivity (Wildman–Crippen MR) is 46.2 cm³/mol. The van der Waals surface area contributed by atoms with E-state index in [0.29, 0.717) is 6.61 Å². The van der Waals surface area contributed by atoms with E-state index in [4.69, 9.17) is 14.5 Å². The highest BCUT2D eigenvalue weighted by atomic mass is 127. The summed E-state index contributed by atoms with van der Waals surface area (Å²) in [5.41, 5.74) is 10.9. The number of halogens is 1. The fourth-order valence-electron chi connectivity index (χ4n) is 0.544. The molecular formula is C5H13IN2O. The van der Waals surface area contributed by atoms with Gasteiger partial charge in [-0.2, -0.15) is 0 Å². The molecule has 0 aromatic heterocycles. The highest BCUT2D eigenvalue weighted by Crippen LogP contribution is 1.95. The summed E-state index contributed by atoms with van der Waals surface area (Å²) >= 11 is 1.84. The Bertz CT molecular complexity index is 62.9. The summed E-state index contributed by atoms with van der Waals surface area (Å²) in [7, 11) is 0. The van der Waals surface area contributed by atoms with Crippen LogP contribution in [0.3, 0.4) is 0 Å². The van der Waals surface area contributed by atoms with E-state index in [0.717, 1.165) is 19.4 Å². The molecule has 0 spiro atoms. The molecule has 4 N–H and O–H groups in total. The number of rotatable bonds is 5. The van der Waals surface area contributed by atoms with E-state index in [-0.39, 0.29) is 6.04 Å². The van der Waals surface area contributed by atoms with Crippen molar-refractivity contribution in [2.45, 2.75) is 18.9 Å². The zero-order chi connectivity index (χ0) is 7.11. The van der Waals surface area contributed by atoms with Crippen LogP contribution in [0.2, 0.25) is 0 Å². The van der Waals surface area contributed by atoms with Crippen LogP contribution in [0.4, 0.5) is 0 Å². The maximum absolute atomic E-state index is 5.58. The van der Waals surface area contributed by atoms with Crippen LogP contribution in [-0.2, 0) is 3.07 Å². The number of hydrogen-bond acceptors (Lipinski definition) is 3. The van der Waals surface area contributed by atoms with Crippen LogP contribution in [0, 0.1) is 0 Å². The van der Waals surface area contributed by atoms with E-state index in [2.05, 4.69) is 0 Å². The van der Waals surface area contributed by atoms with Crippen molar-refractivity contribution in [2.24, 2.45) is 11.5 Å². The van der Waals surface area contributed by atoms with Gasteiger partial charge in [-0.25, -0.2) is 0 Å². The van der Waals surface area contributed by atoms with Gasteiger partial charge in [0.25, 0.3) is 0 Å². The number of nitrogens with two attached hydrogens (primary N) is 2. The SMILES string of the molecule is NCCC[C@H](N)COI.